The summed E-state index contributed by atoms with van der Waals surface area (Å²) in [6.07, 6.45) is 0.558. The maximum atomic E-state index is 13.7. The fourth-order valence-electron chi connectivity index (χ4n) is 3.98. The van der Waals surface area contributed by atoms with Crippen LogP contribution in [-0.4, -0.2) is 52.8 Å². The first-order chi connectivity index (χ1) is 14.0. The number of benzene rings is 2. The summed E-state index contributed by atoms with van der Waals surface area (Å²) >= 11 is 1.65. The van der Waals surface area contributed by atoms with Gasteiger partial charge in [-0.3, -0.25) is 9.59 Å². The zero-order valence-corrected chi connectivity index (χ0v) is 17.6. The molecule has 1 fully saturated rings. The Balaban J connectivity index is 1.64. The lowest BCUT2D eigenvalue weighted by molar-refractivity contribution is -0.142. The van der Waals surface area contributed by atoms with E-state index in [1.54, 1.807) is 23.2 Å². The van der Waals surface area contributed by atoms with Gasteiger partial charge in [-0.15, -0.1) is 11.3 Å². The van der Waals surface area contributed by atoms with Gasteiger partial charge < -0.3 is 9.80 Å². The number of nitrogens with zero attached hydrogens (tertiary/aromatic N) is 3. The van der Waals surface area contributed by atoms with Crippen molar-refractivity contribution in [3.05, 3.63) is 65.2 Å². The molecular formula is C23H25N3O2S. The molecule has 2 aromatic carbocycles. The van der Waals surface area contributed by atoms with E-state index in [4.69, 9.17) is 4.98 Å². The van der Waals surface area contributed by atoms with Crippen LogP contribution in [-0.2, 0) is 21.4 Å². The number of thiazole rings is 1. The van der Waals surface area contributed by atoms with Crippen molar-refractivity contribution < 1.29 is 9.59 Å². The van der Waals surface area contributed by atoms with E-state index >= 15 is 0 Å². The molecule has 1 aromatic heterocycles. The quantitative estimate of drug-likeness (QED) is 0.665. The van der Waals surface area contributed by atoms with Crippen LogP contribution in [0.25, 0.3) is 10.2 Å². The van der Waals surface area contributed by atoms with Crippen LogP contribution in [0.15, 0.2) is 54.6 Å². The molecule has 2 heterocycles. The number of amides is 2. The van der Waals surface area contributed by atoms with Gasteiger partial charge in [0, 0.05) is 39.5 Å². The van der Waals surface area contributed by atoms with E-state index < -0.39 is 5.41 Å². The summed E-state index contributed by atoms with van der Waals surface area (Å²) in [5, 5.41) is 0.966. The Hall–Kier alpha value is -2.73. The number of rotatable bonds is 4. The van der Waals surface area contributed by atoms with Gasteiger partial charge in [-0.2, -0.15) is 0 Å². The molecule has 6 heteroatoms. The zero-order valence-electron chi connectivity index (χ0n) is 16.8. The number of aromatic nitrogens is 1. The van der Waals surface area contributed by atoms with Crippen molar-refractivity contribution in [1.82, 2.24) is 14.8 Å². The molecule has 1 unspecified atom stereocenters. The monoisotopic (exact) mass is 407 g/mol. The number of hydrogen-bond acceptors (Lipinski definition) is 4. The van der Waals surface area contributed by atoms with Crippen molar-refractivity contribution in [3.8, 4) is 0 Å². The highest BCUT2D eigenvalue weighted by atomic mass is 32.1. The Bertz CT molecular complexity index is 992. The second-order valence-electron chi connectivity index (χ2n) is 7.75. The van der Waals surface area contributed by atoms with Crippen LogP contribution < -0.4 is 0 Å². The first-order valence-corrected chi connectivity index (χ1v) is 10.7. The average molecular weight is 408 g/mol. The molecule has 3 aromatic rings. The minimum absolute atomic E-state index is 0.0670. The van der Waals surface area contributed by atoms with E-state index in [-0.39, 0.29) is 11.8 Å². The molecule has 1 aliphatic rings. The van der Waals surface area contributed by atoms with E-state index in [0.717, 1.165) is 20.8 Å². The highest BCUT2D eigenvalue weighted by Gasteiger charge is 2.40. The minimum atomic E-state index is -0.701. The second-order valence-corrected chi connectivity index (χ2v) is 8.86. The Morgan fingerprint density at radius 1 is 0.966 bits per heavy atom. The third-order valence-electron chi connectivity index (χ3n) is 5.74. The first-order valence-electron chi connectivity index (χ1n) is 9.92. The van der Waals surface area contributed by atoms with E-state index in [1.165, 1.54) is 0 Å². The van der Waals surface area contributed by atoms with Crippen LogP contribution in [0.1, 0.15) is 24.4 Å². The summed E-state index contributed by atoms with van der Waals surface area (Å²) < 4.78 is 1.14. The summed E-state index contributed by atoms with van der Waals surface area (Å²) in [7, 11) is 0. The van der Waals surface area contributed by atoms with Crippen molar-refractivity contribution in [1.29, 1.82) is 0 Å². The molecule has 150 valence electrons. The van der Waals surface area contributed by atoms with Crippen LogP contribution in [0.2, 0.25) is 0 Å². The Morgan fingerprint density at radius 3 is 2.24 bits per heavy atom. The highest BCUT2D eigenvalue weighted by Crippen LogP contribution is 2.34. The molecule has 0 bridgehead atoms. The molecule has 0 aliphatic carbocycles. The summed E-state index contributed by atoms with van der Waals surface area (Å²) in [5.41, 5.74) is 1.27. The smallest absolute Gasteiger partial charge is 0.233 e. The SMILES string of the molecule is CC(=O)N1CCN(C(=O)C(C)(Cc2nc3ccccc3s2)c2ccccc2)CC1. The average Bonchev–Trinajstić information content (AvgIpc) is 3.16. The first kappa shape index (κ1) is 19.6. The number of carbonyl (C=O) groups excluding carboxylic acids is 2. The van der Waals surface area contributed by atoms with Gasteiger partial charge in [-0.25, -0.2) is 4.98 Å². The van der Waals surface area contributed by atoms with Crippen LogP contribution >= 0.6 is 11.3 Å². The lowest BCUT2D eigenvalue weighted by Crippen LogP contribution is -2.55. The second kappa shape index (κ2) is 7.95. The van der Waals surface area contributed by atoms with E-state index in [1.807, 2.05) is 60.4 Å². The zero-order chi connectivity index (χ0) is 20.4. The van der Waals surface area contributed by atoms with E-state index in [9.17, 15) is 9.59 Å². The predicted octanol–water partition coefficient (Wildman–Crippen LogP) is 3.49. The minimum Gasteiger partial charge on any atom is -0.339 e. The predicted molar refractivity (Wildman–Crippen MR) is 116 cm³/mol. The third kappa shape index (κ3) is 3.90. The normalized spacial score (nSPS) is 16.6. The van der Waals surface area contributed by atoms with Crippen molar-refractivity contribution >= 4 is 33.4 Å². The molecular weight excluding hydrogens is 382 g/mol. The van der Waals surface area contributed by atoms with Gasteiger partial charge in [0.15, 0.2) is 0 Å². The number of piperazine rings is 1. The van der Waals surface area contributed by atoms with Gasteiger partial charge in [-0.1, -0.05) is 42.5 Å². The molecule has 1 saturated heterocycles. The molecule has 2 amide bonds. The Morgan fingerprint density at radius 2 is 1.59 bits per heavy atom. The van der Waals surface area contributed by atoms with Gasteiger partial charge in [-0.05, 0) is 24.6 Å². The molecule has 5 nitrogen and oxygen atoms in total. The molecule has 0 spiro atoms. The fraction of sp³-hybridized carbons (Fsp3) is 0.348. The van der Waals surface area contributed by atoms with Gasteiger partial charge >= 0.3 is 0 Å². The molecule has 29 heavy (non-hydrogen) atoms. The van der Waals surface area contributed by atoms with Crippen LogP contribution in [0.3, 0.4) is 0 Å². The highest BCUT2D eigenvalue weighted by molar-refractivity contribution is 7.18. The van der Waals surface area contributed by atoms with Crippen molar-refractivity contribution in [2.75, 3.05) is 26.2 Å². The lowest BCUT2D eigenvalue weighted by Gasteiger charge is -2.39. The van der Waals surface area contributed by atoms with Gasteiger partial charge in [0.1, 0.15) is 0 Å². The standard InChI is InChI=1S/C23H25N3O2S/c1-17(27)25-12-14-26(15-13-25)22(28)23(2,18-8-4-3-5-9-18)16-21-24-19-10-6-7-11-20(19)29-21/h3-11H,12-16H2,1-2H3. The van der Waals surface area contributed by atoms with E-state index in [0.29, 0.717) is 32.6 Å². The summed E-state index contributed by atoms with van der Waals surface area (Å²) in [6, 6.07) is 18.1. The Labute approximate surface area is 175 Å². The topological polar surface area (TPSA) is 53.5 Å². The largest absolute Gasteiger partial charge is 0.339 e. The summed E-state index contributed by atoms with van der Waals surface area (Å²) in [5.74, 6) is 0.170. The Kier molecular flexibility index (Phi) is 5.37. The van der Waals surface area contributed by atoms with Crippen molar-refractivity contribution in [3.63, 3.8) is 0 Å². The van der Waals surface area contributed by atoms with Crippen molar-refractivity contribution in [2.45, 2.75) is 25.7 Å². The number of fused-ring (bicyclic) bond motifs is 1. The molecule has 0 N–H and O–H groups in total. The van der Waals surface area contributed by atoms with Crippen LogP contribution in [0.5, 0.6) is 0 Å². The van der Waals surface area contributed by atoms with Gasteiger partial charge in [0.25, 0.3) is 0 Å². The number of hydrogen-bond donors (Lipinski definition) is 0. The fourth-order valence-corrected chi connectivity index (χ4v) is 5.10. The summed E-state index contributed by atoms with van der Waals surface area (Å²) in [4.78, 5) is 33.8. The van der Waals surface area contributed by atoms with Gasteiger partial charge in [0.2, 0.25) is 11.8 Å². The lowest BCUT2D eigenvalue weighted by atomic mass is 9.78. The molecule has 4 rings (SSSR count). The van der Waals surface area contributed by atoms with E-state index in [2.05, 4.69) is 6.07 Å². The van der Waals surface area contributed by atoms with Crippen LogP contribution in [0, 0.1) is 0 Å². The molecule has 1 aliphatic heterocycles. The third-order valence-corrected chi connectivity index (χ3v) is 6.77. The van der Waals surface area contributed by atoms with Gasteiger partial charge in [0.05, 0.1) is 20.6 Å². The number of carbonyl (C=O) groups is 2. The van der Waals surface area contributed by atoms with Crippen molar-refractivity contribution in [2.24, 2.45) is 0 Å². The molecule has 0 saturated carbocycles. The molecule has 1 atom stereocenters. The number of para-hydroxylation sites is 1. The maximum absolute atomic E-state index is 13.7. The maximum Gasteiger partial charge on any atom is 0.233 e. The summed E-state index contributed by atoms with van der Waals surface area (Å²) in [6.45, 7) is 5.92. The van der Waals surface area contributed by atoms with Crippen LogP contribution in [0.4, 0.5) is 0 Å². The molecule has 0 radical (unpaired) electrons.